The number of amides is 2. The molecule has 0 aliphatic carbocycles. The van der Waals surface area contributed by atoms with Gasteiger partial charge >= 0.3 is 12.2 Å². The zero-order valence-corrected chi connectivity index (χ0v) is 17.8. The van der Waals surface area contributed by atoms with E-state index in [4.69, 9.17) is 23.7 Å². The van der Waals surface area contributed by atoms with Gasteiger partial charge in [-0.1, -0.05) is 12.1 Å². The molecule has 0 radical (unpaired) electrons. The Morgan fingerprint density at radius 2 is 1.57 bits per heavy atom. The molecule has 160 valence electrons. The second-order valence-corrected chi connectivity index (χ2v) is 7.70. The standard InChI is InChI=1S/C20H22N2O7S/c1-13(2)27-16-7-5-6-8-17(16)29-20(24)22(4)30-21(3)19(23)28-14-9-10-15-18(11-14)26-12-25-15/h5-11,13H,12H2,1-4H3. The van der Waals surface area contributed by atoms with Gasteiger partial charge in [-0.05, 0) is 38.1 Å². The lowest BCUT2D eigenvalue weighted by atomic mass is 10.3. The maximum Gasteiger partial charge on any atom is 0.426 e. The summed E-state index contributed by atoms with van der Waals surface area (Å²) in [6.45, 7) is 3.88. The number of nitrogens with zero attached hydrogens (tertiary/aromatic N) is 2. The van der Waals surface area contributed by atoms with E-state index in [0.29, 0.717) is 23.0 Å². The molecule has 0 saturated carbocycles. The molecule has 2 aromatic rings. The summed E-state index contributed by atoms with van der Waals surface area (Å²) in [5, 5.41) is 0. The highest BCUT2D eigenvalue weighted by Crippen LogP contribution is 2.35. The van der Waals surface area contributed by atoms with Crippen molar-refractivity contribution in [2.24, 2.45) is 0 Å². The maximum absolute atomic E-state index is 12.4. The fourth-order valence-corrected chi connectivity index (χ4v) is 2.98. The van der Waals surface area contributed by atoms with Gasteiger partial charge in [-0.3, -0.25) is 0 Å². The number of carbonyl (C=O) groups excluding carboxylic acids is 2. The molecule has 9 nitrogen and oxygen atoms in total. The molecule has 0 spiro atoms. The molecule has 1 aliphatic rings. The Morgan fingerprint density at radius 1 is 0.933 bits per heavy atom. The molecule has 0 saturated heterocycles. The largest absolute Gasteiger partial charge is 0.487 e. The Morgan fingerprint density at radius 3 is 2.27 bits per heavy atom. The van der Waals surface area contributed by atoms with E-state index in [2.05, 4.69) is 0 Å². The van der Waals surface area contributed by atoms with Crippen molar-refractivity contribution in [1.82, 2.24) is 8.61 Å². The lowest BCUT2D eigenvalue weighted by molar-refractivity contribution is 0.173. The Hall–Kier alpha value is -3.27. The van der Waals surface area contributed by atoms with E-state index in [9.17, 15) is 9.59 Å². The van der Waals surface area contributed by atoms with Crippen molar-refractivity contribution in [3.8, 4) is 28.7 Å². The van der Waals surface area contributed by atoms with Gasteiger partial charge in [0.25, 0.3) is 0 Å². The zero-order chi connectivity index (χ0) is 21.7. The molecule has 1 aliphatic heterocycles. The summed E-state index contributed by atoms with van der Waals surface area (Å²) in [5.41, 5.74) is 0. The summed E-state index contributed by atoms with van der Waals surface area (Å²) < 4.78 is 29.1. The third kappa shape index (κ3) is 5.41. The molecule has 0 N–H and O–H groups in total. The van der Waals surface area contributed by atoms with Crippen molar-refractivity contribution in [2.45, 2.75) is 20.0 Å². The van der Waals surface area contributed by atoms with Crippen LogP contribution in [-0.4, -0.2) is 47.8 Å². The lowest BCUT2D eigenvalue weighted by Crippen LogP contribution is -2.32. The van der Waals surface area contributed by atoms with Gasteiger partial charge in [-0.2, -0.15) is 0 Å². The number of carbonyl (C=O) groups is 2. The molecule has 0 fully saturated rings. The van der Waals surface area contributed by atoms with Crippen LogP contribution in [0.2, 0.25) is 0 Å². The lowest BCUT2D eigenvalue weighted by Gasteiger charge is -2.22. The van der Waals surface area contributed by atoms with Crippen molar-refractivity contribution < 1.29 is 33.3 Å². The van der Waals surface area contributed by atoms with E-state index in [1.807, 2.05) is 13.8 Å². The second kappa shape index (κ2) is 9.49. The summed E-state index contributed by atoms with van der Waals surface area (Å²) in [5.74, 6) is 2.12. The molecule has 10 heteroatoms. The van der Waals surface area contributed by atoms with Crippen LogP contribution in [0.1, 0.15) is 13.8 Å². The predicted octanol–water partition coefficient (Wildman–Crippen LogP) is 4.33. The summed E-state index contributed by atoms with van der Waals surface area (Å²) in [6.07, 6.45) is -1.43. The number of para-hydroxylation sites is 2. The van der Waals surface area contributed by atoms with Crippen LogP contribution in [-0.2, 0) is 0 Å². The molecular weight excluding hydrogens is 412 g/mol. The van der Waals surface area contributed by atoms with Gasteiger partial charge in [-0.25, -0.2) is 18.2 Å². The van der Waals surface area contributed by atoms with E-state index < -0.39 is 12.2 Å². The van der Waals surface area contributed by atoms with Gasteiger partial charge in [0.15, 0.2) is 23.0 Å². The zero-order valence-electron chi connectivity index (χ0n) is 17.0. The predicted molar refractivity (Wildman–Crippen MR) is 110 cm³/mol. The number of ether oxygens (including phenoxy) is 5. The number of fused-ring (bicyclic) bond motifs is 1. The monoisotopic (exact) mass is 434 g/mol. The van der Waals surface area contributed by atoms with Gasteiger partial charge in [0.05, 0.1) is 18.2 Å². The Bertz CT molecular complexity index is 922. The van der Waals surface area contributed by atoms with Gasteiger partial charge < -0.3 is 23.7 Å². The quantitative estimate of drug-likeness (QED) is 0.621. The van der Waals surface area contributed by atoms with Gasteiger partial charge in [0, 0.05) is 20.2 Å². The normalized spacial score (nSPS) is 11.8. The molecule has 30 heavy (non-hydrogen) atoms. The fourth-order valence-electron chi connectivity index (χ4n) is 2.40. The second-order valence-electron chi connectivity index (χ2n) is 6.44. The Balaban J connectivity index is 1.55. The van der Waals surface area contributed by atoms with E-state index in [1.54, 1.807) is 42.5 Å². The molecule has 0 bridgehead atoms. The van der Waals surface area contributed by atoms with Crippen LogP contribution in [0, 0.1) is 0 Å². The highest BCUT2D eigenvalue weighted by atomic mass is 32.2. The van der Waals surface area contributed by atoms with Crippen LogP contribution in [0.3, 0.4) is 0 Å². The number of hydrogen-bond acceptors (Lipinski definition) is 8. The first-order valence-electron chi connectivity index (χ1n) is 9.08. The minimum Gasteiger partial charge on any atom is -0.487 e. The van der Waals surface area contributed by atoms with Crippen molar-refractivity contribution in [3.63, 3.8) is 0 Å². The number of rotatable bonds is 6. The molecule has 2 aromatic carbocycles. The highest BCUT2D eigenvalue weighted by Gasteiger charge is 2.22. The first kappa shape index (κ1) is 21.4. The number of hydrogen-bond donors (Lipinski definition) is 0. The number of benzene rings is 2. The average Bonchev–Trinajstić information content (AvgIpc) is 3.16. The molecular formula is C20H22N2O7S. The van der Waals surface area contributed by atoms with Crippen LogP contribution in [0.15, 0.2) is 42.5 Å². The maximum atomic E-state index is 12.4. The van der Waals surface area contributed by atoms with Crippen LogP contribution >= 0.6 is 12.1 Å². The van der Waals surface area contributed by atoms with E-state index in [-0.39, 0.29) is 18.6 Å². The van der Waals surface area contributed by atoms with Crippen LogP contribution < -0.4 is 23.7 Å². The van der Waals surface area contributed by atoms with Crippen LogP contribution in [0.25, 0.3) is 0 Å². The van der Waals surface area contributed by atoms with Crippen molar-refractivity contribution in [2.75, 3.05) is 20.9 Å². The van der Waals surface area contributed by atoms with Gasteiger partial charge in [0.1, 0.15) is 5.75 Å². The molecule has 0 atom stereocenters. The average molecular weight is 434 g/mol. The third-order valence-corrected chi connectivity index (χ3v) is 4.51. The molecule has 2 amide bonds. The van der Waals surface area contributed by atoms with E-state index in [1.165, 1.54) is 14.1 Å². The Labute approximate surface area is 178 Å². The topological polar surface area (TPSA) is 86.8 Å². The summed E-state index contributed by atoms with van der Waals surface area (Å²) in [6, 6.07) is 11.7. The summed E-state index contributed by atoms with van der Waals surface area (Å²) in [4.78, 5) is 24.7. The summed E-state index contributed by atoms with van der Waals surface area (Å²) >= 11 is 0.820. The smallest absolute Gasteiger partial charge is 0.426 e. The van der Waals surface area contributed by atoms with E-state index >= 15 is 0 Å². The Kier molecular flexibility index (Phi) is 6.78. The first-order chi connectivity index (χ1) is 14.3. The highest BCUT2D eigenvalue weighted by molar-refractivity contribution is 7.95. The van der Waals surface area contributed by atoms with Crippen LogP contribution in [0.4, 0.5) is 9.59 Å². The van der Waals surface area contributed by atoms with Crippen molar-refractivity contribution in [3.05, 3.63) is 42.5 Å². The SMILES string of the molecule is CC(C)Oc1ccccc1OC(=O)N(C)SN(C)C(=O)Oc1ccc2c(c1)OCO2. The first-order valence-corrected chi connectivity index (χ1v) is 9.81. The van der Waals surface area contributed by atoms with Crippen molar-refractivity contribution >= 4 is 24.3 Å². The summed E-state index contributed by atoms with van der Waals surface area (Å²) in [7, 11) is 2.95. The minimum absolute atomic E-state index is 0.0750. The third-order valence-electron chi connectivity index (χ3n) is 3.72. The van der Waals surface area contributed by atoms with Gasteiger partial charge in [-0.15, -0.1) is 0 Å². The molecule has 3 rings (SSSR count). The molecule has 0 aromatic heterocycles. The van der Waals surface area contributed by atoms with E-state index in [0.717, 1.165) is 20.7 Å². The van der Waals surface area contributed by atoms with Crippen LogP contribution in [0.5, 0.6) is 28.7 Å². The van der Waals surface area contributed by atoms with Gasteiger partial charge in [0.2, 0.25) is 6.79 Å². The van der Waals surface area contributed by atoms with Crippen molar-refractivity contribution in [1.29, 1.82) is 0 Å². The fraction of sp³-hybridized carbons (Fsp3) is 0.300. The molecule has 1 heterocycles. The molecule has 0 unspecified atom stereocenters. The minimum atomic E-state index is -0.679.